The lowest BCUT2D eigenvalue weighted by atomic mass is 9.80. The van der Waals surface area contributed by atoms with Gasteiger partial charge >= 0.3 is 7.82 Å². The molecule has 16 heavy (non-hydrogen) atoms. The van der Waals surface area contributed by atoms with Gasteiger partial charge in [-0.15, -0.1) is 10.3 Å². The van der Waals surface area contributed by atoms with Crippen LogP contribution in [0.15, 0.2) is 0 Å². The van der Waals surface area contributed by atoms with E-state index < -0.39 is 25.0 Å². The van der Waals surface area contributed by atoms with Gasteiger partial charge in [0.1, 0.15) is 0 Å². The van der Waals surface area contributed by atoms with Crippen molar-refractivity contribution in [1.82, 2.24) is 5.06 Å². The molecule has 1 fully saturated rings. The van der Waals surface area contributed by atoms with E-state index >= 15 is 0 Å². The standard InChI is InChI=1S/C9H19NO5P/c1-8(2)5-7(15-16(12,13)14)6-9(3,4)10(8)11/h7H,5-6H2,1-4H3,(H2,12,13,14). The molecular formula is C9H19NO5P. The van der Waals surface area contributed by atoms with Gasteiger partial charge in [0.05, 0.1) is 6.10 Å². The van der Waals surface area contributed by atoms with Crippen molar-refractivity contribution in [1.29, 1.82) is 0 Å². The Labute approximate surface area is 95.4 Å². The summed E-state index contributed by atoms with van der Waals surface area (Å²) in [5, 5.41) is 12.9. The van der Waals surface area contributed by atoms with Crippen molar-refractivity contribution in [3.8, 4) is 0 Å². The van der Waals surface area contributed by atoms with Crippen LogP contribution in [0.5, 0.6) is 0 Å². The maximum atomic E-state index is 11.9. The van der Waals surface area contributed by atoms with Crippen molar-refractivity contribution in [3.63, 3.8) is 0 Å². The maximum absolute atomic E-state index is 11.9. The zero-order valence-electron chi connectivity index (χ0n) is 10.0. The van der Waals surface area contributed by atoms with E-state index in [2.05, 4.69) is 0 Å². The zero-order valence-corrected chi connectivity index (χ0v) is 10.9. The minimum atomic E-state index is -4.49. The fourth-order valence-electron chi connectivity index (χ4n) is 2.44. The number of hydroxylamine groups is 2. The summed E-state index contributed by atoms with van der Waals surface area (Å²) in [6.45, 7) is 6.99. The number of piperidine rings is 1. The summed E-state index contributed by atoms with van der Waals surface area (Å²) in [6, 6.07) is 0. The lowest BCUT2D eigenvalue weighted by molar-refractivity contribution is -0.297. The molecule has 0 atom stereocenters. The lowest BCUT2D eigenvalue weighted by Gasteiger charge is -2.49. The number of rotatable bonds is 2. The third-order valence-corrected chi connectivity index (χ3v) is 3.41. The van der Waals surface area contributed by atoms with Crippen molar-refractivity contribution in [2.75, 3.05) is 0 Å². The topological polar surface area (TPSA) is 89.9 Å². The van der Waals surface area contributed by atoms with E-state index in [9.17, 15) is 9.77 Å². The highest BCUT2D eigenvalue weighted by Crippen LogP contribution is 2.45. The van der Waals surface area contributed by atoms with Crippen LogP contribution in [-0.4, -0.2) is 32.0 Å². The summed E-state index contributed by atoms with van der Waals surface area (Å²) >= 11 is 0. The number of hydrogen-bond acceptors (Lipinski definition) is 3. The molecule has 2 N–H and O–H groups in total. The molecule has 1 heterocycles. The SMILES string of the molecule is CC1(C)CC(OP(=O)(O)O)CC(C)(C)N1[O]. The van der Waals surface area contributed by atoms with Crippen LogP contribution in [0.2, 0.25) is 0 Å². The molecule has 1 aliphatic heterocycles. The summed E-state index contributed by atoms with van der Waals surface area (Å²) in [7, 11) is -4.49. The van der Waals surface area contributed by atoms with Crippen molar-refractivity contribution < 1.29 is 24.1 Å². The van der Waals surface area contributed by atoms with E-state index in [0.29, 0.717) is 12.8 Å². The second-order valence-corrected chi connectivity index (χ2v) is 6.74. The average molecular weight is 252 g/mol. The largest absolute Gasteiger partial charge is 0.469 e. The molecule has 0 saturated carbocycles. The molecule has 7 heteroatoms. The van der Waals surface area contributed by atoms with Crippen molar-refractivity contribution >= 4 is 7.82 Å². The van der Waals surface area contributed by atoms with Crippen molar-refractivity contribution in [3.05, 3.63) is 0 Å². The molecule has 1 saturated heterocycles. The molecule has 0 bridgehead atoms. The van der Waals surface area contributed by atoms with Crippen LogP contribution < -0.4 is 0 Å². The van der Waals surface area contributed by atoms with E-state index in [1.165, 1.54) is 0 Å². The van der Waals surface area contributed by atoms with Crippen LogP contribution in [0, 0.1) is 0 Å². The second-order valence-electron chi connectivity index (χ2n) is 5.55. The van der Waals surface area contributed by atoms with Gasteiger partial charge in [-0.2, -0.15) is 0 Å². The van der Waals surface area contributed by atoms with Gasteiger partial charge in [-0.05, 0) is 40.5 Å². The molecule has 0 spiro atoms. The highest BCUT2D eigenvalue weighted by Gasteiger charge is 2.47. The number of phosphoric acid groups is 1. The predicted molar refractivity (Wildman–Crippen MR) is 56.8 cm³/mol. The Balaban J connectivity index is 2.83. The zero-order chi connectivity index (χ0) is 12.8. The van der Waals surface area contributed by atoms with E-state index in [-0.39, 0.29) is 0 Å². The average Bonchev–Trinajstić information content (AvgIpc) is 1.95. The van der Waals surface area contributed by atoms with Crippen molar-refractivity contribution in [2.24, 2.45) is 0 Å². The molecule has 1 rings (SSSR count). The molecule has 0 aromatic heterocycles. The quantitative estimate of drug-likeness (QED) is 0.726. The Morgan fingerprint density at radius 2 is 1.56 bits per heavy atom. The van der Waals surface area contributed by atoms with Crippen LogP contribution >= 0.6 is 7.82 Å². The molecule has 0 unspecified atom stereocenters. The first-order valence-electron chi connectivity index (χ1n) is 5.15. The van der Waals surface area contributed by atoms with Gasteiger partial charge in [-0.25, -0.2) is 4.57 Å². The molecule has 1 radical (unpaired) electrons. The summed E-state index contributed by atoms with van der Waals surface area (Å²) < 4.78 is 15.5. The summed E-state index contributed by atoms with van der Waals surface area (Å²) in [5.74, 6) is 0. The molecule has 0 aromatic carbocycles. The van der Waals surface area contributed by atoms with E-state index in [0.717, 1.165) is 5.06 Å². The van der Waals surface area contributed by atoms with Crippen molar-refractivity contribution in [2.45, 2.75) is 57.7 Å². The number of phosphoric ester groups is 1. The monoisotopic (exact) mass is 252 g/mol. The Bertz CT molecular complexity index is 293. The first-order chi connectivity index (χ1) is 6.94. The molecule has 95 valence electrons. The van der Waals surface area contributed by atoms with E-state index in [4.69, 9.17) is 14.3 Å². The Kier molecular flexibility index (Phi) is 3.57. The third kappa shape index (κ3) is 3.26. The first-order valence-corrected chi connectivity index (χ1v) is 6.68. The molecule has 6 nitrogen and oxygen atoms in total. The van der Waals surface area contributed by atoms with Gasteiger partial charge in [-0.1, -0.05) is 0 Å². The Hall–Kier alpha value is 0.0300. The predicted octanol–water partition coefficient (Wildman–Crippen LogP) is 1.46. The Morgan fingerprint density at radius 1 is 1.19 bits per heavy atom. The third-order valence-electron chi connectivity index (χ3n) is 2.84. The number of hydrogen-bond donors (Lipinski definition) is 2. The second kappa shape index (κ2) is 4.05. The smallest absolute Gasteiger partial charge is 0.303 e. The van der Waals surface area contributed by atoms with Crippen LogP contribution in [-0.2, 0) is 14.3 Å². The molecule has 1 aliphatic rings. The van der Waals surface area contributed by atoms with E-state index in [1.807, 2.05) is 0 Å². The minimum Gasteiger partial charge on any atom is -0.303 e. The minimum absolute atomic E-state index is 0.311. The van der Waals surface area contributed by atoms with Crippen LogP contribution in [0.1, 0.15) is 40.5 Å². The number of nitrogens with zero attached hydrogens (tertiary/aromatic N) is 1. The molecule has 0 aliphatic carbocycles. The fourth-order valence-corrected chi connectivity index (χ4v) is 2.98. The summed E-state index contributed by atoms with van der Waals surface area (Å²) in [6.07, 6.45) is 0.0341. The summed E-state index contributed by atoms with van der Waals surface area (Å²) in [5.41, 5.74) is -1.36. The maximum Gasteiger partial charge on any atom is 0.469 e. The fraction of sp³-hybridized carbons (Fsp3) is 1.00. The van der Waals surface area contributed by atoms with E-state index in [1.54, 1.807) is 27.7 Å². The van der Waals surface area contributed by atoms with Crippen LogP contribution in [0.4, 0.5) is 0 Å². The summed E-state index contributed by atoms with van der Waals surface area (Å²) in [4.78, 5) is 17.5. The van der Waals surface area contributed by atoms with Gasteiger partial charge in [-0.3, -0.25) is 4.52 Å². The van der Waals surface area contributed by atoms with Crippen LogP contribution in [0.3, 0.4) is 0 Å². The van der Waals surface area contributed by atoms with Gasteiger partial charge in [0.2, 0.25) is 0 Å². The van der Waals surface area contributed by atoms with Gasteiger partial charge in [0.15, 0.2) is 0 Å². The molecular weight excluding hydrogens is 233 g/mol. The van der Waals surface area contributed by atoms with Gasteiger partial charge in [0, 0.05) is 11.1 Å². The highest BCUT2D eigenvalue weighted by atomic mass is 31.2. The van der Waals surface area contributed by atoms with Crippen LogP contribution in [0.25, 0.3) is 0 Å². The first kappa shape index (κ1) is 14.1. The lowest BCUT2D eigenvalue weighted by Crippen LogP contribution is -2.59. The van der Waals surface area contributed by atoms with Gasteiger partial charge < -0.3 is 9.79 Å². The highest BCUT2D eigenvalue weighted by molar-refractivity contribution is 7.46. The Morgan fingerprint density at radius 3 is 1.88 bits per heavy atom. The normalized spacial score (nSPS) is 26.9. The van der Waals surface area contributed by atoms with Gasteiger partial charge in [0.25, 0.3) is 0 Å². The molecule has 0 aromatic rings. The molecule has 0 amide bonds.